The summed E-state index contributed by atoms with van der Waals surface area (Å²) in [6, 6.07) is 23.0. The average molecular weight is 427 g/mol. The molecule has 3 aromatic rings. The molecule has 1 unspecified atom stereocenters. The summed E-state index contributed by atoms with van der Waals surface area (Å²) in [5.41, 5.74) is 0.440. The number of nitrogens with one attached hydrogen (secondary N) is 1. The Morgan fingerprint density at radius 3 is 1.87 bits per heavy atom. The first-order valence-corrected chi connectivity index (χ1v) is 9.94. The van der Waals surface area contributed by atoms with Gasteiger partial charge in [-0.25, -0.2) is 0 Å². The summed E-state index contributed by atoms with van der Waals surface area (Å²) in [5.74, 6) is 0.516. The summed E-state index contributed by atoms with van der Waals surface area (Å²) in [7, 11) is 0. The van der Waals surface area contributed by atoms with E-state index in [1.54, 1.807) is 79.7 Å². The molecule has 2 N–H and O–H groups in total. The number of hydrogen-bond donors (Lipinski definition) is 2. The van der Waals surface area contributed by atoms with E-state index in [4.69, 9.17) is 9.84 Å². The van der Waals surface area contributed by atoms with Gasteiger partial charge in [0.2, 0.25) is 0 Å². The highest BCUT2D eigenvalue weighted by atomic mass is 19.4. The minimum atomic E-state index is -4.55. The van der Waals surface area contributed by atoms with Gasteiger partial charge in [-0.3, -0.25) is 5.32 Å². The molecular weight excluding hydrogens is 403 g/mol. The number of hydrogen-bond acceptors (Lipinski definition) is 3. The SMILES string of the molecule is CC(NCCO)Oc1ccc(/C(=C(\c2ccccc2)C(F)(F)F)c2ccccc2)cc1. The van der Waals surface area contributed by atoms with Gasteiger partial charge in [0.15, 0.2) is 0 Å². The summed E-state index contributed by atoms with van der Waals surface area (Å²) in [6.07, 6.45) is -4.90. The van der Waals surface area contributed by atoms with Crippen molar-refractivity contribution in [3.05, 3.63) is 102 Å². The topological polar surface area (TPSA) is 41.5 Å². The van der Waals surface area contributed by atoms with Gasteiger partial charge in [0.25, 0.3) is 0 Å². The van der Waals surface area contributed by atoms with E-state index in [-0.39, 0.29) is 24.0 Å². The minimum absolute atomic E-state index is 0.0163. The number of benzene rings is 3. The number of rotatable bonds is 8. The average Bonchev–Trinajstić information content (AvgIpc) is 2.77. The molecule has 0 aliphatic carbocycles. The molecule has 0 radical (unpaired) electrons. The van der Waals surface area contributed by atoms with Crippen LogP contribution in [0.15, 0.2) is 84.9 Å². The quantitative estimate of drug-likeness (QED) is 0.368. The van der Waals surface area contributed by atoms with E-state index in [9.17, 15) is 13.2 Å². The zero-order chi connectivity index (χ0) is 22.3. The van der Waals surface area contributed by atoms with Gasteiger partial charge in [-0.15, -0.1) is 0 Å². The highest BCUT2D eigenvalue weighted by Gasteiger charge is 2.38. The van der Waals surface area contributed by atoms with Crippen LogP contribution in [-0.2, 0) is 0 Å². The third-order valence-corrected chi connectivity index (χ3v) is 4.66. The highest BCUT2D eigenvalue weighted by molar-refractivity contribution is 6.00. The lowest BCUT2D eigenvalue weighted by molar-refractivity contribution is -0.0685. The molecule has 0 spiro atoms. The number of ether oxygens (including phenoxy) is 1. The molecule has 0 aromatic heterocycles. The lowest BCUT2D eigenvalue weighted by Gasteiger charge is -2.20. The van der Waals surface area contributed by atoms with E-state index in [0.717, 1.165) is 0 Å². The Morgan fingerprint density at radius 1 is 0.839 bits per heavy atom. The molecule has 3 nitrogen and oxygen atoms in total. The van der Waals surface area contributed by atoms with E-state index < -0.39 is 11.7 Å². The van der Waals surface area contributed by atoms with Gasteiger partial charge in [0.1, 0.15) is 12.0 Å². The van der Waals surface area contributed by atoms with Crippen molar-refractivity contribution in [2.24, 2.45) is 0 Å². The Morgan fingerprint density at radius 2 is 1.35 bits per heavy atom. The van der Waals surface area contributed by atoms with Crippen LogP contribution in [-0.4, -0.2) is 30.7 Å². The number of allylic oxidation sites excluding steroid dienone is 1. The lowest BCUT2D eigenvalue weighted by atomic mass is 9.89. The zero-order valence-corrected chi connectivity index (χ0v) is 17.1. The summed E-state index contributed by atoms with van der Waals surface area (Å²) in [4.78, 5) is 0. The van der Waals surface area contributed by atoms with Crippen molar-refractivity contribution in [1.29, 1.82) is 0 Å². The van der Waals surface area contributed by atoms with Crippen molar-refractivity contribution in [2.75, 3.05) is 13.2 Å². The van der Waals surface area contributed by atoms with Crippen LogP contribution in [0.1, 0.15) is 23.6 Å². The first kappa shape index (κ1) is 22.6. The molecule has 0 aliphatic heterocycles. The van der Waals surface area contributed by atoms with Gasteiger partial charge in [0, 0.05) is 12.1 Å². The third kappa shape index (κ3) is 5.96. The van der Waals surface area contributed by atoms with Crippen LogP contribution in [0.5, 0.6) is 5.75 Å². The van der Waals surface area contributed by atoms with Gasteiger partial charge >= 0.3 is 6.18 Å². The maximum atomic E-state index is 14.3. The van der Waals surface area contributed by atoms with Crippen LogP contribution in [0, 0.1) is 0 Å². The Balaban J connectivity index is 2.09. The van der Waals surface area contributed by atoms with Crippen LogP contribution < -0.4 is 10.1 Å². The molecule has 0 fully saturated rings. The van der Waals surface area contributed by atoms with Crippen molar-refractivity contribution in [2.45, 2.75) is 19.3 Å². The molecule has 3 rings (SSSR count). The van der Waals surface area contributed by atoms with Crippen molar-refractivity contribution >= 4 is 11.1 Å². The van der Waals surface area contributed by atoms with Gasteiger partial charge in [-0.05, 0) is 35.7 Å². The summed E-state index contributed by atoms with van der Waals surface area (Å²) in [6.45, 7) is 2.15. The molecule has 0 saturated heterocycles. The van der Waals surface area contributed by atoms with Gasteiger partial charge in [-0.2, -0.15) is 13.2 Å². The lowest BCUT2D eigenvalue weighted by Crippen LogP contribution is -2.33. The van der Waals surface area contributed by atoms with Crippen molar-refractivity contribution in [3.8, 4) is 5.75 Å². The van der Waals surface area contributed by atoms with Crippen molar-refractivity contribution in [1.82, 2.24) is 5.32 Å². The van der Waals surface area contributed by atoms with Crippen molar-refractivity contribution in [3.63, 3.8) is 0 Å². The Labute approximate surface area is 179 Å². The largest absolute Gasteiger partial charge is 0.476 e. The minimum Gasteiger partial charge on any atom is -0.476 e. The normalized spacial score (nSPS) is 13.5. The fraction of sp³-hybridized carbons (Fsp3) is 0.200. The van der Waals surface area contributed by atoms with Gasteiger partial charge in [0.05, 0.1) is 12.2 Å². The monoisotopic (exact) mass is 427 g/mol. The molecule has 162 valence electrons. The fourth-order valence-corrected chi connectivity index (χ4v) is 3.33. The Bertz CT molecular complexity index is 985. The van der Waals surface area contributed by atoms with Crippen LogP contribution in [0.25, 0.3) is 11.1 Å². The second-order valence-electron chi connectivity index (χ2n) is 6.94. The number of alkyl halides is 3. The highest BCUT2D eigenvalue weighted by Crippen LogP contribution is 2.42. The molecule has 3 aromatic carbocycles. The standard InChI is InChI=1S/C25H24F3NO2/c1-18(29-16-17-30)31-22-14-12-20(13-15-22)23(19-8-4-2-5-9-19)24(25(26,27)28)21-10-6-3-7-11-21/h2-15,18,29-30H,16-17H2,1H3/b24-23+. The zero-order valence-electron chi connectivity index (χ0n) is 17.1. The van der Waals surface area contributed by atoms with Crippen LogP contribution >= 0.6 is 0 Å². The molecule has 0 saturated carbocycles. The maximum Gasteiger partial charge on any atom is 0.417 e. The third-order valence-electron chi connectivity index (χ3n) is 4.66. The molecule has 0 aliphatic rings. The Hall–Kier alpha value is -3.09. The molecule has 1 atom stereocenters. The summed E-state index contributed by atoms with van der Waals surface area (Å²) >= 11 is 0. The van der Waals surface area contributed by atoms with E-state index in [2.05, 4.69) is 5.32 Å². The number of aliphatic hydroxyl groups is 1. The second-order valence-corrected chi connectivity index (χ2v) is 6.94. The fourth-order valence-electron chi connectivity index (χ4n) is 3.33. The maximum absolute atomic E-state index is 14.3. The van der Waals surface area contributed by atoms with Crippen LogP contribution in [0.3, 0.4) is 0 Å². The van der Waals surface area contributed by atoms with E-state index in [1.165, 1.54) is 12.1 Å². The summed E-state index contributed by atoms with van der Waals surface area (Å²) < 4.78 is 48.6. The van der Waals surface area contributed by atoms with Crippen molar-refractivity contribution < 1.29 is 23.0 Å². The smallest absolute Gasteiger partial charge is 0.417 e. The predicted octanol–water partition coefficient (Wildman–Crippen LogP) is 5.51. The van der Waals surface area contributed by atoms with Crippen LogP contribution in [0.2, 0.25) is 0 Å². The van der Waals surface area contributed by atoms with Gasteiger partial charge in [-0.1, -0.05) is 72.8 Å². The molecule has 31 heavy (non-hydrogen) atoms. The second kappa shape index (κ2) is 10.3. The molecular formula is C25H24F3NO2. The first-order chi connectivity index (χ1) is 14.9. The van der Waals surface area contributed by atoms with E-state index in [1.807, 2.05) is 0 Å². The Kier molecular flexibility index (Phi) is 7.50. The molecule has 0 heterocycles. The van der Waals surface area contributed by atoms with Crippen LogP contribution in [0.4, 0.5) is 13.2 Å². The molecule has 0 bridgehead atoms. The summed E-state index contributed by atoms with van der Waals surface area (Å²) in [5, 5.41) is 11.9. The van der Waals surface area contributed by atoms with E-state index in [0.29, 0.717) is 23.4 Å². The number of halogens is 3. The predicted molar refractivity (Wildman–Crippen MR) is 116 cm³/mol. The van der Waals surface area contributed by atoms with E-state index >= 15 is 0 Å². The van der Waals surface area contributed by atoms with Gasteiger partial charge < -0.3 is 9.84 Å². The first-order valence-electron chi connectivity index (χ1n) is 9.94. The molecule has 6 heteroatoms. The molecule has 0 amide bonds. The number of aliphatic hydroxyl groups excluding tert-OH is 1.